The fraction of sp³-hybridized carbons (Fsp3) is 0.500. The summed E-state index contributed by atoms with van der Waals surface area (Å²) in [5.74, 6) is 0. The van der Waals surface area contributed by atoms with Gasteiger partial charge in [-0.1, -0.05) is 12.1 Å². The van der Waals surface area contributed by atoms with Crippen LogP contribution >= 0.6 is 0 Å². The first-order chi connectivity index (χ1) is 7.65. The molecule has 0 spiro atoms. The molecule has 1 rings (SSSR count). The fourth-order valence-corrected chi connectivity index (χ4v) is 2.85. The van der Waals surface area contributed by atoms with Crippen LogP contribution in [0.25, 0.3) is 0 Å². The van der Waals surface area contributed by atoms with Crippen molar-refractivity contribution in [1.29, 1.82) is 0 Å². The van der Waals surface area contributed by atoms with Gasteiger partial charge in [-0.15, -0.1) is 0 Å². The van der Waals surface area contributed by atoms with Crippen molar-refractivity contribution in [2.75, 3.05) is 0 Å². The van der Waals surface area contributed by atoms with Crippen molar-refractivity contribution >= 4 is 10.0 Å². The third kappa shape index (κ3) is 3.52. The van der Waals surface area contributed by atoms with E-state index < -0.39 is 21.7 Å². The molecule has 17 heavy (non-hydrogen) atoms. The lowest BCUT2D eigenvalue weighted by Crippen LogP contribution is -2.50. The molecule has 0 radical (unpaired) electrons. The van der Waals surface area contributed by atoms with Gasteiger partial charge in [0.2, 0.25) is 10.0 Å². The maximum Gasteiger partial charge on any atom is 0.241 e. The lowest BCUT2D eigenvalue weighted by Gasteiger charge is -2.28. The Kier molecular flexibility index (Phi) is 3.96. The number of hydrogen-bond donors (Lipinski definition) is 2. The monoisotopic (exact) mass is 257 g/mol. The number of benzene rings is 1. The topological polar surface area (TPSA) is 66.4 Å². The highest BCUT2D eigenvalue weighted by Gasteiger charge is 2.30. The predicted molar refractivity (Wildman–Crippen MR) is 67.3 cm³/mol. The Morgan fingerprint density at radius 2 is 1.94 bits per heavy atom. The lowest BCUT2D eigenvalue weighted by atomic mass is 10.0. The molecule has 0 amide bonds. The highest BCUT2D eigenvalue weighted by atomic mass is 32.2. The van der Waals surface area contributed by atoms with Crippen molar-refractivity contribution < 1.29 is 13.5 Å². The first kappa shape index (κ1) is 14.2. The van der Waals surface area contributed by atoms with Gasteiger partial charge in [-0.25, -0.2) is 13.1 Å². The van der Waals surface area contributed by atoms with Crippen LogP contribution in [0.4, 0.5) is 0 Å². The standard InChI is InChI=1S/C12H19NO3S/c1-9-6-5-7-11(8-9)17(15,16)13-12(3,4)10(2)14/h5-8,10,13-14H,1-4H3. The van der Waals surface area contributed by atoms with Crippen LogP contribution in [0.15, 0.2) is 29.2 Å². The molecule has 0 aliphatic rings. The Morgan fingerprint density at radius 1 is 1.35 bits per heavy atom. The van der Waals surface area contributed by atoms with E-state index in [2.05, 4.69) is 4.72 Å². The van der Waals surface area contributed by atoms with Gasteiger partial charge in [-0.2, -0.15) is 0 Å². The molecule has 0 aromatic heterocycles. The molecule has 4 nitrogen and oxygen atoms in total. The van der Waals surface area contributed by atoms with Gasteiger partial charge in [0.05, 0.1) is 16.5 Å². The van der Waals surface area contributed by atoms with Crippen LogP contribution in [0.5, 0.6) is 0 Å². The zero-order chi connectivity index (χ0) is 13.3. The number of aliphatic hydroxyl groups excluding tert-OH is 1. The van der Waals surface area contributed by atoms with Gasteiger partial charge < -0.3 is 5.11 Å². The number of nitrogens with one attached hydrogen (secondary N) is 1. The molecular weight excluding hydrogens is 238 g/mol. The van der Waals surface area contributed by atoms with Crippen molar-refractivity contribution in [2.24, 2.45) is 0 Å². The molecule has 5 heteroatoms. The van der Waals surface area contributed by atoms with E-state index in [9.17, 15) is 13.5 Å². The Balaban J connectivity index is 3.06. The zero-order valence-corrected chi connectivity index (χ0v) is 11.4. The van der Waals surface area contributed by atoms with Crippen LogP contribution in [-0.2, 0) is 10.0 Å². The molecule has 0 saturated heterocycles. The molecule has 1 aromatic carbocycles. The average molecular weight is 257 g/mol. The van der Waals surface area contributed by atoms with Gasteiger partial charge in [0, 0.05) is 0 Å². The Bertz CT molecular complexity index is 492. The molecule has 1 atom stereocenters. The van der Waals surface area contributed by atoms with Crippen molar-refractivity contribution in [1.82, 2.24) is 4.72 Å². The Morgan fingerprint density at radius 3 is 2.41 bits per heavy atom. The van der Waals surface area contributed by atoms with Gasteiger partial charge in [0.25, 0.3) is 0 Å². The van der Waals surface area contributed by atoms with Crippen molar-refractivity contribution in [2.45, 2.75) is 44.2 Å². The first-order valence-electron chi connectivity index (χ1n) is 5.44. The van der Waals surface area contributed by atoms with Crippen LogP contribution in [0.2, 0.25) is 0 Å². The molecule has 0 bridgehead atoms. The largest absolute Gasteiger partial charge is 0.391 e. The predicted octanol–water partition coefficient (Wildman–Crippen LogP) is 1.43. The first-order valence-corrected chi connectivity index (χ1v) is 6.92. The second-order valence-corrected chi connectivity index (χ2v) is 6.50. The number of aryl methyl sites for hydroxylation is 1. The number of rotatable bonds is 4. The van der Waals surface area contributed by atoms with Gasteiger partial charge in [0.15, 0.2) is 0 Å². The van der Waals surface area contributed by atoms with Crippen LogP contribution in [0.1, 0.15) is 26.3 Å². The van der Waals surface area contributed by atoms with Crippen LogP contribution in [-0.4, -0.2) is 25.2 Å². The summed E-state index contributed by atoms with van der Waals surface area (Å²) >= 11 is 0. The summed E-state index contributed by atoms with van der Waals surface area (Å²) in [6.07, 6.45) is -0.776. The van der Waals surface area contributed by atoms with E-state index >= 15 is 0 Å². The summed E-state index contributed by atoms with van der Waals surface area (Å²) in [4.78, 5) is 0.214. The van der Waals surface area contributed by atoms with Crippen LogP contribution in [0, 0.1) is 6.92 Å². The highest BCUT2D eigenvalue weighted by molar-refractivity contribution is 7.89. The van der Waals surface area contributed by atoms with Gasteiger partial charge in [0.1, 0.15) is 0 Å². The summed E-state index contributed by atoms with van der Waals surface area (Å²) in [6.45, 7) is 6.67. The lowest BCUT2D eigenvalue weighted by molar-refractivity contribution is 0.111. The molecule has 0 saturated carbocycles. The van der Waals surface area contributed by atoms with Gasteiger partial charge in [-0.3, -0.25) is 0 Å². The molecular formula is C12H19NO3S. The summed E-state index contributed by atoms with van der Waals surface area (Å²) in [5.41, 5.74) is -0.0227. The Hall–Kier alpha value is -0.910. The smallest absolute Gasteiger partial charge is 0.241 e. The van der Waals surface area contributed by atoms with Crippen molar-refractivity contribution in [3.05, 3.63) is 29.8 Å². The number of sulfonamides is 1. The minimum Gasteiger partial charge on any atom is -0.391 e. The van der Waals surface area contributed by atoms with Crippen molar-refractivity contribution in [3.63, 3.8) is 0 Å². The molecule has 0 fully saturated rings. The van der Waals surface area contributed by atoms with E-state index in [4.69, 9.17) is 0 Å². The SMILES string of the molecule is Cc1cccc(S(=O)(=O)NC(C)(C)C(C)O)c1. The van der Waals surface area contributed by atoms with Gasteiger partial charge >= 0.3 is 0 Å². The van der Waals surface area contributed by atoms with E-state index in [0.29, 0.717) is 0 Å². The summed E-state index contributed by atoms with van der Waals surface area (Å²) in [7, 11) is -3.60. The molecule has 0 aliphatic heterocycles. The molecule has 0 aliphatic carbocycles. The zero-order valence-electron chi connectivity index (χ0n) is 10.6. The molecule has 1 aromatic rings. The van der Waals surface area contributed by atoms with E-state index in [0.717, 1.165) is 5.56 Å². The third-order valence-corrected chi connectivity index (χ3v) is 4.41. The van der Waals surface area contributed by atoms with Crippen molar-refractivity contribution in [3.8, 4) is 0 Å². The average Bonchev–Trinajstić information content (AvgIpc) is 2.15. The maximum absolute atomic E-state index is 12.1. The van der Waals surface area contributed by atoms with E-state index in [1.54, 1.807) is 32.9 Å². The normalized spacial score (nSPS) is 14.6. The third-order valence-electron chi connectivity index (χ3n) is 2.74. The Labute approximate surface area is 103 Å². The fourth-order valence-electron chi connectivity index (χ4n) is 1.27. The number of aliphatic hydroxyl groups is 1. The van der Waals surface area contributed by atoms with E-state index in [1.807, 2.05) is 13.0 Å². The maximum atomic E-state index is 12.1. The molecule has 96 valence electrons. The quantitative estimate of drug-likeness (QED) is 0.857. The molecule has 0 heterocycles. The van der Waals surface area contributed by atoms with E-state index in [1.165, 1.54) is 6.07 Å². The summed E-state index contributed by atoms with van der Waals surface area (Å²) in [5, 5.41) is 9.52. The molecule has 2 N–H and O–H groups in total. The minimum absolute atomic E-state index is 0.214. The second kappa shape index (κ2) is 4.76. The molecule has 1 unspecified atom stereocenters. The summed E-state index contributed by atoms with van der Waals surface area (Å²) in [6, 6.07) is 6.66. The number of hydrogen-bond acceptors (Lipinski definition) is 3. The van der Waals surface area contributed by atoms with E-state index in [-0.39, 0.29) is 4.90 Å². The van der Waals surface area contributed by atoms with Crippen LogP contribution < -0.4 is 4.72 Å². The van der Waals surface area contributed by atoms with Crippen LogP contribution in [0.3, 0.4) is 0 Å². The highest BCUT2D eigenvalue weighted by Crippen LogP contribution is 2.16. The minimum atomic E-state index is -3.60. The summed E-state index contributed by atoms with van der Waals surface area (Å²) < 4.78 is 26.7. The van der Waals surface area contributed by atoms with Gasteiger partial charge in [-0.05, 0) is 45.4 Å². The second-order valence-electron chi connectivity index (χ2n) is 4.82.